The second kappa shape index (κ2) is 10.3. The number of carbonyl (C=O) groups excluding carboxylic acids is 1. The van der Waals surface area contributed by atoms with Crippen molar-refractivity contribution in [2.24, 2.45) is 5.92 Å². The summed E-state index contributed by atoms with van der Waals surface area (Å²) in [7, 11) is 0. The van der Waals surface area contributed by atoms with Gasteiger partial charge in [-0.25, -0.2) is 0 Å². The Kier molecular flexibility index (Phi) is 9.98. The molecule has 1 amide bonds. The molecule has 0 radical (unpaired) electrons. The fraction of sp³-hybridized carbons (Fsp3) is 0.929. The lowest BCUT2D eigenvalue weighted by Gasteiger charge is -2.19. The van der Waals surface area contributed by atoms with Gasteiger partial charge in [-0.3, -0.25) is 4.79 Å². The zero-order valence-electron chi connectivity index (χ0n) is 12.6. The largest absolute Gasteiger partial charge is 0.357 e. The van der Waals surface area contributed by atoms with Gasteiger partial charge in [-0.2, -0.15) is 0 Å². The number of amides is 1. The van der Waals surface area contributed by atoms with E-state index in [1.54, 1.807) is 0 Å². The van der Waals surface area contributed by atoms with Crippen LogP contribution >= 0.6 is 0 Å². The average molecular weight is 258 g/mol. The van der Waals surface area contributed by atoms with E-state index in [1.165, 1.54) is 12.8 Å². The fourth-order valence-electron chi connectivity index (χ4n) is 1.91. The van der Waals surface area contributed by atoms with Crippen LogP contribution < -0.4 is 16.4 Å². The van der Waals surface area contributed by atoms with E-state index in [2.05, 4.69) is 44.1 Å². The molecule has 1 atom stereocenters. The minimum atomic E-state index is -0.0902. The highest BCUT2D eigenvalue weighted by Crippen LogP contribution is 2.05. The number of carbonyl (C=O) groups is 1. The highest BCUT2D eigenvalue weighted by Gasteiger charge is 2.18. The predicted octanol–water partition coefficient (Wildman–Crippen LogP) is 0.928. The highest BCUT2D eigenvalue weighted by atomic mass is 16.2. The first-order valence-electron chi connectivity index (χ1n) is 7.30. The third kappa shape index (κ3) is 9.42. The molecule has 0 fully saturated rings. The predicted molar refractivity (Wildman–Crippen MR) is 76.1 cm³/mol. The summed E-state index contributed by atoms with van der Waals surface area (Å²) >= 11 is 0. The maximum Gasteiger partial charge on any atom is 0.237 e. The van der Waals surface area contributed by atoms with Crippen LogP contribution in [0.1, 0.15) is 53.4 Å². The van der Waals surface area contributed by atoms with Crippen LogP contribution in [0.4, 0.5) is 0 Å². The molecule has 108 valence electrons. The van der Waals surface area contributed by atoms with Crippen molar-refractivity contribution in [3.8, 4) is 0 Å². The third-order valence-electron chi connectivity index (χ3n) is 2.85. The Balaban J connectivity index is 3.81. The summed E-state index contributed by atoms with van der Waals surface area (Å²) in [6.07, 6.45) is 4.30. The maximum atomic E-state index is 12.0. The van der Waals surface area contributed by atoms with Crippen molar-refractivity contribution in [1.82, 2.24) is 10.6 Å². The molecule has 0 saturated carbocycles. The van der Waals surface area contributed by atoms with Crippen molar-refractivity contribution in [3.05, 3.63) is 0 Å². The molecule has 0 heterocycles. The molecule has 0 aliphatic heterocycles. The van der Waals surface area contributed by atoms with Gasteiger partial charge >= 0.3 is 0 Å². The summed E-state index contributed by atoms with van der Waals surface area (Å²) in [5, 5.41) is 6.31. The zero-order chi connectivity index (χ0) is 14.0. The van der Waals surface area contributed by atoms with Gasteiger partial charge in [0, 0.05) is 19.0 Å². The van der Waals surface area contributed by atoms with Crippen molar-refractivity contribution in [1.29, 1.82) is 0 Å². The van der Waals surface area contributed by atoms with E-state index in [1.807, 2.05) is 0 Å². The van der Waals surface area contributed by atoms with Crippen molar-refractivity contribution < 1.29 is 10.5 Å². The first kappa shape index (κ1) is 17.4. The Labute approximate surface area is 112 Å². The molecule has 1 unspecified atom stereocenters. The van der Waals surface area contributed by atoms with Gasteiger partial charge < -0.3 is 16.4 Å². The Bertz CT molecular complexity index is 217. The number of rotatable bonds is 10. The third-order valence-corrected chi connectivity index (χ3v) is 2.85. The van der Waals surface area contributed by atoms with Crippen LogP contribution in [0.2, 0.25) is 0 Å². The number of unbranched alkanes of at least 4 members (excludes halogenated alkanes) is 1. The smallest absolute Gasteiger partial charge is 0.237 e. The van der Waals surface area contributed by atoms with Gasteiger partial charge in [-0.05, 0) is 12.3 Å². The van der Waals surface area contributed by atoms with E-state index in [-0.39, 0.29) is 11.9 Å². The molecule has 0 bridgehead atoms. The molecule has 5 N–H and O–H groups in total. The van der Waals surface area contributed by atoms with Crippen LogP contribution in [-0.4, -0.2) is 31.1 Å². The molecule has 0 rings (SSSR count). The Morgan fingerprint density at radius 3 is 2.28 bits per heavy atom. The van der Waals surface area contributed by atoms with E-state index in [4.69, 9.17) is 0 Å². The monoisotopic (exact) mass is 258 g/mol. The van der Waals surface area contributed by atoms with Crippen molar-refractivity contribution >= 4 is 5.91 Å². The van der Waals surface area contributed by atoms with Gasteiger partial charge in [-0.1, -0.05) is 40.5 Å². The zero-order valence-corrected chi connectivity index (χ0v) is 12.6. The van der Waals surface area contributed by atoms with Crippen LogP contribution in [-0.2, 0) is 4.79 Å². The molecule has 0 aromatic carbocycles. The molecular formula is C14H32N3O+. The van der Waals surface area contributed by atoms with E-state index in [0.29, 0.717) is 6.04 Å². The lowest BCUT2D eigenvalue weighted by molar-refractivity contribution is -0.368. The minimum Gasteiger partial charge on any atom is -0.357 e. The van der Waals surface area contributed by atoms with Gasteiger partial charge in [0.2, 0.25) is 5.91 Å². The second-order valence-electron chi connectivity index (χ2n) is 5.70. The van der Waals surface area contributed by atoms with Crippen LogP contribution in [0.5, 0.6) is 0 Å². The average Bonchev–Trinajstić information content (AvgIpc) is 2.26. The second-order valence-corrected chi connectivity index (χ2v) is 5.70. The molecule has 0 aliphatic rings. The van der Waals surface area contributed by atoms with Gasteiger partial charge in [0.05, 0.1) is 12.6 Å². The Hall–Kier alpha value is -0.610. The van der Waals surface area contributed by atoms with Crippen molar-refractivity contribution in [2.75, 3.05) is 13.1 Å². The molecule has 0 saturated heterocycles. The summed E-state index contributed by atoms with van der Waals surface area (Å²) in [4.78, 5) is 12.0. The molecule has 0 aromatic rings. The molecule has 18 heavy (non-hydrogen) atoms. The number of nitrogens with one attached hydrogen (secondary N) is 2. The molecule has 4 nitrogen and oxygen atoms in total. The quantitative estimate of drug-likeness (QED) is 0.510. The SMILES string of the molecule is CC(C)CCCCNC(=O)C(CC[NH3+])NC(C)C. The molecule has 0 spiro atoms. The maximum absolute atomic E-state index is 12.0. The van der Waals surface area contributed by atoms with Crippen molar-refractivity contribution in [3.63, 3.8) is 0 Å². The van der Waals surface area contributed by atoms with Crippen LogP contribution in [0.25, 0.3) is 0 Å². The summed E-state index contributed by atoms with van der Waals surface area (Å²) in [5.41, 5.74) is 3.82. The van der Waals surface area contributed by atoms with Crippen molar-refractivity contribution in [2.45, 2.75) is 65.5 Å². The van der Waals surface area contributed by atoms with Crippen LogP contribution in [0.3, 0.4) is 0 Å². The van der Waals surface area contributed by atoms with E-state index in [9.17, 15) is 4.79 Å². The van der Waals surface area contributed by atoms with Crippen LogP contribution in [0, 0.1) is 5.92 Å². The lowest BCUT2D eigenvalue weighted by atomic mass is 10.1. The van der Waals surface area contributed by atoms with Gasteiger partial charge in [0.25, 0.3) is 0 Å². The Morgan fingerprint density at radius 2 is 1.78 bits per heavy atom. The highest BCUT2D eigenvalue weighted by molar-refractivity contribution is 5.81. The first-order valence-corrected chi connectivity index (χ1v) is 7.30. The summed E-state index contributed by atoms with van der Waals surface area (Å²) < 4.78 is 0. The summed E-state index contributed by atoms with van der Waals surface area (Å²) in [5.74, 6) is 0.874. The molecule has 0 aromatic heterocycles. The molecule has 4 heteroatoms. The van der Waals surface area contributed by atoms with E-state index < -0.39 is 0 Å². The summed E-state index contributed by atoms with van der Waals surface area (Å²) in [6.45, 7) is 10.2. The van der Waals surface area contributed by atoms with Gasteiger partial charge in [0.1, 0.15) is 0 Å². The summed E-state index contributed by atoms with van der Waals surface area (Å²) in [6, 6.07) is 0.237. The normalized spacial score (nSPS) is 13.1. The van der Waals surface area contributed by atoms with Crippen LogP contribution in [0.15, 0.2) is 0 Å². The fourth-order valence-corrected chi connectivity index (χ4v) is 1.91. The topological polar surface area (TPSA) is 68.8 Å². The molecule has 0 aliphatic carbocycles. The standard InChI is InChI=1S/C14H31N3O/c1-11(2)7-5-6-10-16-14(18)13(8-9-15)17-12(3)4/h11-13,17H,5-10,15H2,1-4H3,(H,16,18)/p+1. The van der Waals surface area contributed by atoms with E-state index in [0.717, 1.165) is 31.8 Å². The van der Waals surface area contributed by atoms with Gasteiger partial charge in [0.15, 0.2) is 0 Å². The number of quaternary nitrogens is 1. The van der Waals surface area contributed by atoms with Gasteiger partial charge in [-0.15, -0.1) is 0 Å². The first-order chi connectivity index (χ1) is 8.47. The number of hydrogen-bond acceptors (Lipinski definition) is 2. The number of hydrogen-bond donors (Lipinski definition) is 3. The minimum absolute atomic E-state index is 0.0902. The lowest BCUT2D eigenvalue weighted by Crippen LogP contribution is -2.56. The molecular weight excluding hydrogens is 226 g/mol. The Morgan fingerprint density at radius 1 is 1.11 bits per heavy atom. The van der Waals surface area contributed by atoms with E-state index >= 15 is 0 Å².